The van der Waals surface area contributed by atoms with Gasteiger partial charge < -0.3 is 10.2 Å². The number of benzene rings is 1. The van der Waals surface area contributed by atoms with Crippen LogP contribution in [-0.4, -0.2) is 33.1 Å². The second-order valence-corrected chi connectivity index (χ2v) is 4.03. The fourth-order valence-electron chi connectivity index (χ4n) is 1.35. The summed E-state index contributed by atoms with van der Waals surface area (Å²) in [6.45, 7) is 3.61. The van der Waals surface area contributed by atoms with Crippen LogP contribution in [0.3, 0.4) is 0 Å². The van der Waals surface area contributed by atoms with Crippen molar-refractivity contribution in [1.29, 1.82) is 0 Å². The lowest BCUT2D eigenvalue weighted by molar-refractivity contribution is -0.856. The van der Waals surface area contributed by atoms with Gasteiger partial charge in [0.15, 0.2) is 0 Å². The van der Waals surface area contributed by atoms with E-state index in [9.17, 15) is 4.79 Å². The van der Waals surface area contributed by atoms with Gasteiger partial charge in [0.05, 0.1) is 27.2 Å². The third-order valence-electron chi connectivity index (χ3n) is 2.30. The Hall–Kier alpha value is -1.35. The Morgan fingerprint density at radius 3 is 2.60 bits per heavy atom. The molecule has 3 heteroatoms. The summed E-state index contributed by atoms with van der Waals surface area (Å²) in [5.41, 5.74) is 1.79. The van der Waals surface area contributed by atoms with Crippen LogP contribution in [-0.2, 0) is 0 Å². The van der Waals surface area contributed by atoms with Crippen LogP contribution in [0.4, 0.5) is 0 Å². The minimum Gasteiger partial charge on any atom is -0.346 e. The summed E-state index contributed by atoms with van der Waals surface area (Å²) in [5.74, 6) is 0.0225. The van der Waals surface area contributed by atoms with E-state index in [0.29, 0.717) is 0 Å². The van der Waals surface area contributed by atoms with Crippen LogP contribution in [0.5, 0.6) is 0 Å². The van der Waals surface area contributed by atoms with Gasteiger partial charge in [-0.25, -0.2) is 0 Å². The highest BCUT2D eigenvalue weighted by atomic mass is 16.1. The van der Waals surface area contributed by atoms with Gasteiger partial charge in [0.1, 0.15) is 0 Å². The zero-order valence-electron chi connectivity index (χ0n) is 9.63. The molecule has 0 aliphatic carbocycles. The van der Waals surface area contributed by atoms with Crippen molar-refractivity contribution in [3.05, 3.63) is 35.4 Å². The molecule has 2 N–H and O–H groups in total. The summed E-state index contributed by atoms with van der Waals surface area (Å²) in [7, 11) is 4.14. The van der Waals surface area contributed by atoms with E-state index in [1.165, 1.54) is 4.90 Å². The van der Waals surface area contributed by atoms with Crippen LogP contribution in [0.15, 0.2) is 24.3 Å². The fourth-order valence-corrected chi connectivity index (χ4v) is 1.35. The molecule has 0 spiro atoms. The molecular weight excluding hydrogens is 188 g/mol. The summed E-state index contributed by atoms with van der Waals surface area (Å²) >= 11 is 0. The topological polar surface area (TPSA) is 33.5 Å². The van der Waals surface area contributed by atoms with E-state index in [-0.39, 0.29) is 5.91 Å². The van der Waals surface area contributed by atoms with Crippen molar-refractivity contribution >= 4 is 5.91 Å². The summed E-state index contributed by atoms with van der Waals surface area (Å²) < 4.78 is 0. The molecule has 0 unspecified atom stereocenters. The summed E-state index contributed by atoms with van der Waals surface area (Å²) in [5, 5.41) is 2.91. The standard InChI is InChI=1S/C12H18N2O/c1-10-6-4-5-7-11(10)12(15)13-8-9-14(2)3/h4-7H,8-9H2,1-3H3,(H,13,15)/p+1. The number of hydrogen-bond acceptors (Lipinski definition) is 1. The molecule has 1 amide bonds. The van der Waals surface area contributed by atoms with Gasteiger partial charge in [0.25, 0.3) is 5.91 Å². The lowest BCUT2D eigenvalue weighted by Crippen LogP contribution is -3.06. The zero-order valence-corrected chi connectivity index (χ0v) is 9.63. The van der Waals surface area contributed by atoms with Crippen molar-refractivity contribution in [3.63, 3.8) is 0 Å². The molecule has 0 atom stereocenters. The maximum atomic E-state index is 11.7. The molecule has 1 rings (SSSR count). The van der Waals surface area contributed by atoms with Crippen LogP contribution < -0.4 is 10.2 Å². The van der Waals surface area contributed by atoms with E-state index in [4.69, 9.17) is 0 Å². The molecule has 0 aliphatic heterocycles. The number of quaternary nitrogens is 1. The van der Waals surface area contributed by atoms with Crippen molar-refractivity contribution in [1.82, 2.24) is 5.32 Å². The first-order valence-electron chi connectivity index (χ1n) is 5.24. The third kappa shape index (κ3) is 3.72. The molecule has 1 aromatic rings. The normalized spacial score (nSPS) is 10.4. The van der Waals surface area contributed by atoms with Gasteiger partial charge in [-0.15, -0.1) is 0 Å². The highest BCUT2D eigenvalue weighted by Gasteiger charge is 2.07. The molecule has 0 fully saturated rings. The molecule has 0 heterocycles. The number of hydrogen-bond donors (Lipinski definition) is 2. The minimum atomic E-state index is 0.0225. The highest BCUT2D eigenvalue weighted by molar-refractivity contribution is 5.95. The Labute approximate surface area is 91.1 Å². The first-order chi connectivity index (χ1) is 7.11. The first kappa shape index (κ1) is 11.7. The molecule has 15 heavy (non-hydrogen) atoms. The summed E-state index contributed by atoms with van der Waals surface area (Å²) in [6, 6.07) is 7.63. The Balaban J connectivity index is 2.51. The maximum absolute atomic E-state index is 11.7. The molecular formula is C12H19N2O+. The first-order valence-corrected chi connectivity index (χ1v) is 5.24. The number of carbonyl (C=O) groups is 1. The number of aryl methyl sites for hydroxylation is 1. The predicted octanol–water partition coefficient (Wildman–Crippen LogP) is -0.131. The zero-order chi connectivity index (χ0) is 11.3. The minimum absolute atomic E-state index is 0.0225. The van der Waals surface area contributed by atoms with Crippen LogP contribution >= 0.6 is 0 Å². The van der Waals surface area contributed by atoms with Gasteiger partial charge in [-0.2, -0.15) is 0 Å². The molecule has 0 saturated heterocycles. The maximum Gasteiger partial charge on any atom is 0.251 e. The third-order valence-corrected chi connectivity index (χ3v) is 2.30. The van der Waals surface area contributed by atoms with Crippen LogP contribution in [0, 0.1) is 6.92 Å². The lowest BCUT2D eigenvalue weighted by Gasteiger charge is -2.09. The number of amides is 1. The Bertz CT molecular complexity index is 334. The van der Waals surface area contributed by atoms with Crippen molar-refractivity contribution in [2.45, 2.75) is 6.92 Å². The second kappa shape index (κ2) is 5.51. The van der Waals surface area contributed by atoms with E-state index < -0.39 is 0 Å². The van der Waals surface area contributed by atoms with Crippen molar-refractivity contribution in [2.24, 2.45) is 0 Å². The largest absolute Gasteiger partial charge is 0.346 e. The molecule has 82 valence electrons. The van der Waals surface area contributed by atoms with Gasteiger partial charge in [0.2, 0.25) is 0 Å². The van der Waals surface area contributed by atoms with Crippen LogP contribution in [0.2, 0.25) is 0 Å². The number of rotatable bonds is 4. The Kier molecular flexibility index (Phi) is 4.31. The van der Waals surface area contributed by atoms with Crippen molar-refractivity contribution < 1.29 is 9.69 Å². The summed E-state index contributed by atoms with van der Waals surface area (Å²) in [6.07, 6.45) is 0. The van der Waals surface area contributed by atoms with E-state index in [1.807, 2.05) is 31.2 Å². The molecule has 0 aromatic heterocycles. The number of likely N-dealkylation sites (N-methyl/N-ethyl adjacent to an activating group) is 1. The number of carbonyl (C=O) groups excluding carboxylic acids is 1. The fraction of sp³-hybridized carbons (Fsp3) is 0.417. The second-order valence-electron chi connectivity index (χ2n) is 4.03. The van der Waals surface area contributed by atoms with E-state index >= 15 is 0 Å². The van der Waals surface area contributed by atoms with Crippen molar-refractivity contribution in [2.75, 3.05) is 27.2 Å². The van der Waals surface area contributed by atoms with E-state index in [2.05, 4.69) is 19.4 Å². The predicted molar refractivity (Wildman–Crippen MR) is 61.2 cm³/mol. The molecule has 0 saturated carbocycles. The molecule has 3 nitrogen and oxygen atoms in total. The smallest absolute Gasteiger partial charge is 0.251 e. The van der Waals surface area contributed by atoms with Crippen LogP contribution in [0.1, 0.15) is 15.9 Å². The van der Waals surface area contributed by atoms with Crippen LogP contribution in [0.25, 0.3) is 0 Å². The van der Waals surface area contributed by atoms with Gasteiger partial charge in [-0.05, 0) is 18.6 Å². The summed E-state index contributed by atoms with van der Waals surface area (Å²) in [4.78, 5) is 13.1. The average molecular weight is 207 g/mol. The number of nitrogens with one attached hydrogen (secondary N) is 2. The molecule has 0 aliphatic rings. The Morgan fingerprint density at radius 1 is 1.33 bits per heavy atom. The molecule has 1 aromatic carbocycles. The van der Waals surface area contributed by atoms with Gasteiger partial charge in [0, 0.05) is 5.56 Å². The van der Waals surface area contributed by atoms with Gasteiger partial charge in [-0.3, -0.25) is 4.79 Å². The van der Waals surface area contributed by atoms with Gasteiger partial charge in [-0.1, -0.05) is 18.2 Å². The quantitative estimate of drug-likeness (QED) is 0.708. The lowest BCUT2D eigenvalue weighted by atomic mass is 10.1. The highest BCUT2D eigenvalue weighted by Crippen LogP contribution is 2.05. The monoisotopic (exact) mass is 207 g/mol. The molecule has 0 bridgehead atoms. The average Bonchev–Trinajstić information content (AvgIpc) is 2.17. The van der Waals surface area contributed by atoms with Gasteiger partial charge >= 0.3 is 0 Å². The van der Waals surface area contributed by atoms with Crippen molar-refractivity contribution in [3.8, 4) is 0 Å². The Morgan fingerprint density at radius 2 is 2.00 bits per heavy atom. The van der Waals surface area contributed by atoms with E-state index in [1.54, 1.807) is 0 Å². The SMILES string of the molecule is Cc1ccccc1C(=O)NCC[NH+](C)C. The molecule has 0 radical (unpaired) electrons. The van der Waals surface area contributed by atoms with E-state index in [0.717, 1.165) is 24.2 Å².